The van der Waals surface area contributed by atoms with Gasteiger partial charge in [-0.15, -0.1) is 0 Å². The predicted octanol–water partition coefficient (Wildman–Crippen LogP) is 0.904. The molecule has 22 heavy (non-hydrogen) atoms. The fourth-order valence-electron chi connectivity index (χ4n) is 4.02. The van der Waals surface area contributed by atoms with Gasteiger partial charge >= 0.3 is 0 Å². The van der Waals surface area contributed by atoms with Gasteiger partial charge in [0.2, 0.25) is 11.8 Å². The molecule has 5 atom stereocenters. The van der Waals surface area contributed by atoms with Crippen LogP contribution in [0.4, 0.5) is 0 Å². The van der Waals surface area contributed by atoms with Crippen molar-refractivity contribution in [3.63, 3.8) is 0 Å². The summed E-state index contributed by atoms with van der Waals surface area (Å²) >= 11 is 0. The number of hydrogen-bond donors (Lipinski definition) is 1. The number of carbonyl (C=O) groups excluding carboxylic acids is 2. The zero-order valence-corrected chi connectivity index (χ0v) is 12.8. The standard InChI is InChI=1S/C16H21NO5/c1-16(2)20-7-11(22-16)10-6-4-8-3-5-9-12(13(8)21-10)15(19)17-14(9)18/h3,9-13H,4-7H2,1-2H3,(H,17,18,19)/t9-,10+,11-,12-,13+/m0/s1. The van der Waals surface area contributed by atoms with Crippen LogP contribution in [0.15, 0.2) is 11.6 Å². The summed E-state index contributed by atoms with van der Waals surface area (Å²) in [4.78, 5) is 24.0. The van der Waals surface area contributed by atoms with Crippen molar-refractivity contribution in [3.8, 4) is 0 Å². The second kappa shape index (κ2) is 4.88. The Balaban J connectivity index is 1.53. The molecule has 0 aromatic rings. The topological polar surface area (TPSA) is 73.9 Å². The van der Waals surface area contributed by atoms with Gasteiger partial charge in [-0.1, -0.05) is 6.08 Å². The third-order valence-corrected chi connectivity index (χ3v) is 5.13. The van der Waals surface area contributed by atoms with Crippen molar-refractivity contribution in [2.45, 2.75) is 57.2 Å². The maximum atomic E-state index is 12.1. The fraction of sp³-hybridized carbons (Fsp3) is 0.750. The minimum absolute atomic E-state index is 0.0915. The first-order valence-corrected chi connectivity index (χ1v) is 7.95. The van der Waals surface area contributed by atoms with E-state index in [-0.39, 0.29) is 42.0 Å². The lowest BCUT2D eigenvalue weighted by molar-refractivity contribution is -0.171. The molecule has 3 aliphatic heterocycles. The maximum absolute atomic E-state index is 12.1. The average Bonchev–Trinajstić information content (AvgIpc) is 2.98. The van der Waals surface area contributed by atoms with E-state index >= 15 is 0 Å². The molecule has 120 valence electrons. The largest absolute Gasteiger partial charge is 0.367 e. The zero-order valence-electron chi connectivity index (χ0n) is 12.8. The van der Waals surface area contributed by atoms with Gasteiger partial charge in [-0.2, -0.15) is 0 Å². The highest BCUT2D eigenvalue weighted by atomic mass is 16.7. The second-order valence-corrected chi connectivity index (χ2v) is 7.00. The molecule has 0 saturated carbocycles. The molecule has 0 unspecified atom stereocenters. The number of amides is 2. The van der Waals surface area contributed by atoms with Gasteiger partial charge in [0, 0.05) is 0 Å². The number of carbonyl (C=O) groups is 2. The smallest absolute Gasteiger partial charge is 0.233 e. The zero-order chi connectivity index (χ0) is 15.5. The van der Waals surface area contributed by atoms with Gasteiger partial charge in [0.25, 0.3) is 0 Å². The number of allylic oxidation sites excluding steroid dienone is 1. The molecule has 0 aromatic carbocycles. The predicted molar refractivity (Wildman–Crippen MR) is 75.6 cm³/mol. The number of imide groups is 1. The maximum Gasteiger partial charge on any atom is 0.233 e. The Bertz CT molecular complexity index is 555. The molecule has 3 fully saturated rings. The van der Waals surface area contributed by atoms with E-state index in [9.17, 15) is 9.59 Å². The highest BCUT2D eigenvalue weighted by Gasteiger charge is 2.52. The van der Waals surface area contributed by atoms with E-state index in [1.54, 1.807) is 0 Å². The molecule has 1 N–H and O–H groups in total. The monoisotopic (exact) mass is 307 g/mol. The fourth-order valence-corrected chi connectivity index (χ4v) is 4.02. The number of nitrogens with one attached hydrogen (secondary N) is 1. The minimum Gasteiger partial charge on any atom is -0.367 e. The van der Waals surface area contributed by atoms with E-state index < -0.39 is 5.79 Å². The van der Waals surface area contributed by atoms with Gasteiger partial charge in [0.1, 0.15) is 6.10 Å². The van der Waals surface area contributed by atoms with Gasteiger partial charge in [0.05, 0.1) is 30.7 Å². The molecule has 1 aliphatic carbocycles. The van der Waals surface area contributed by atoms with Crippen molar-refractivity contribution < 1.29 is 23.8 Å². The Hall–Kier alpha value is -1.24. The highest BCUT2D eigenvalue weighted by molar-refractivity contribution is 6.05. The lowest BCUT2D eigenvalue weighted by Crippen LogP contribution is -2.46. The Morgan fingerprint density at radius 2 is 2.05 bits per heavy atom. The molecule has 0 radical (unpaired) electrons. The number of rotatable bonds is 1. The van der Waals surface area contributed by atoms with Crippen molar-refractivity contribution in [2.24, 2.45) is 11.8 Å². The van der Waals surface area contributed by atoms with Crippen molar-refractivity contribution in [3.05, 3.63) is 11.6 Å². The summed E-state index contributed by atoms with van der Waals surface area (Å²) in [6, 6.07) is 0. The summed E-state index contributed by atoms with van der Waals surface area (Å²) < 4.78 is 17.7. The van der Waals surface area contributed by atoms with E-state index in [2.05, 4.69) is 11.4 Å². The quantitative estimate of drug-likeness (QED) is 0.575. The van der Waals surface area contributed by atoms with Gasteiger partial charge in [-0.25, -0.2) is 0 Å². The van der Waals surface area contributed by atoms with Crippen LogP contribution in [0.25, 0.3) is 0 Å². The minimum atomic E-state index is -0.583. The van der Waals surface area contributed by atoms with Crippen molar-refractivity contribution in [1.82, 2.24) is 5.32 Å². The molecule has 3 heterocycles. The van der Waals surface area contributed by atoms with Crippen LogP contribution in [0, 0.1) is 11.8 Å². The van der Waals surface area contributed by atoms with Gasteiger partial charge in [-0.05, 0) is 38.7 Å². The third-order valence-electron chi connectivity index (χ3n) is 5.13. The molecule has 0 spiro atoms. The van der Waals surface area contributed by atoms with Crippen molar-refractivity contribution in [2.75, 3.05) is 6.61 Å². The average molecular weight is 307 g/mol. The molecule has 0 bridgehead atoms. The van der Waals surface area contributed by atoms with Crippen molar-refractivity contribution >= 4 is 11.8 Å². The first kappa shape index (κ1) is 14.4. The summed E-state index contributed by atoms with van der Waals surface area (Å²) in [6.45, 7) is 4.28. The van der Waals surface area contributed by atoms with Crippen LogP contribution < -0.4 is 5.32 Å². The van der Waals surface area contributed by atoms with Crippen LogP contribution in [0.3, 0.4) is 0 Å². The summed E-state index contributed by atoms with van der Waals surface area (Å²) in [7, 11) is 0. The van der Waals surface area contributed by atoms with E-state index in [1.807, 2.05) is 13.8 Å². The molecular weight excluding hydrogens is 286 g/mol. The summed E-state index contributed by atoms with van der Waals surface area (Å²) in [5, 5.41) is 2.44. The van der Waals surface area contributed by atoms with Crippen LogP contribution >= 0.6 is 0 Å². The summed E-state index contributed by atoms with van der Waals surface area (Å²) in [6.07, 6.45) is 3.97. The molecular formula is C16H21NO5. The number of hydrogen-bond acceptors (Lipinski definition) is 5. The molecule has 0 aromatic heterocycles. The van der Waals surface area contributed by atoms with Gasteiger partial charge in [0.15, 0.2) is 5.79 Å². The molecule has 3 saturated heterocycles. The Morgan fingerprint density at radius 1 is 1.23 bits per heavy atom. The number of ether oxygens (including phenoxy) is 3. The first-order valence-electron chi connectivity index (χ1n) is 7.95. The van der Waals surface area contributed by atoms with E-state index in [4.69, 9.17) is 14.2 Å². The van der Waals surface area contributed by atoms with E-state index in [1.165, 1.54) is 0 Å². The van der Waals surface area contributed by atoms with Gasteiger partial charge in [-0.3, -0.25) is 14.9 Å². The Kier molecular flexibility index (Phi) is 3.18. The lowest BCUT2D eigenvalue weighted by atomic mass is 9.76. The molecule has 6 nitrogen and oxygen atoms in total. The van der Waals surface area contributed by atoms with E-state index in [0.717, 1.165) is 18.4 Å². The van der Waals surface area contributed by atoms with Crippen LogP contribution in [-0.4, -0.2) is 42.5 Å². The highest BCUT2D eigenvalue weighted by Crippen LogP contribution is 2.42. The summed E-state index contributed by atoms with van der Waals surface area (Å²) in [5.74, 6) is -1.62. The Labute approximate surface area is 129 Å². The molecule has 4 rings (SSSR count). The van der Waals surface area contributed by atoms with Crippen LogP contribution in [0.5, 0.6) is 0 Å². The van der Waals surface area contributed by atoms with Crippen molar-refractivity contribution in [1.29, 1.82) is 0 Å². The normalized spacial score (nSPS) is 43.4. The lowest BCUT2D eigenvalue weighted by Gasteiger charge is -2.40. The van der Waals surface area contributed by atoms with Crippen LogP contribution in [0.1, 0.15) is 33.1 Å². The third kappa shape index (κ3) is 2.21. The summed E-state index contributed by atoms with van der Waals surface area (Å²) in [5.41, 5.74) is 1.15. The van der Waals surface area contributed by atoms with Gasteiger partial charge < -0.3 is 14.2 Å². The molecule has 2 amide bonds. The Morgan fingerprint density at radius 3 is 2.77 bits per heavy atom. The molecule has 6 heteroatoms. The second-order valence-electron chi connectivity index (χ2n) is 7.00. The van der Waals surface area contributed by atoms with Crippen LogP contribution in [-0.2, 0) is 23.8 Å². The SMILES string of the molecule is CC1(C)OC[C@@H]([C@H]2CCC3=CC[C@@H]4C(=O)NC(=O)[C@@H]4[C@@H]3O2)O1. The van der Waals surface area contributed by atoms with E-state index in [0.29, 0.717) is 13.0 Å². The first-order chi connectivity index (χ1) is 10.4. The number of fused-ring (bicyclic) bond motifs is 3. The van der Waals surface area contributed by atoms with Crippen LogP contribution in [0.2, 0.25) is 0 Å². The molecule has 4 aliphatic rings.